The van der Waals surface area contributed by atoms with Gasteiger partial charge in [-0.1, -0.05) is 24.3 Å². The molecule has 2 N–H and O–H groups in total. The molecule has 0 aliphatic carbocycles. The fraction of sp³-hybridized carbons (Fsp3) is 0.286. The lowest BCUT2D eigenvalue weighted by Gasteiger charge is -2.23. The van der Waals surface area contributed by atoms with Crippen molar-refractivity contribution >= 4 is 40.3 Å². The Labute approximate surface area is 167 Å². The molecule has 1 atom stereocenters. The van der Waals surface area contributed by atoms with E-state index in [4.69, 9.17) is 0 Å². The van der Waals surface area contributed by atoms with E-state index in [-0.39, 0.29) is 18.2 Å². The lowest BCUT2D eigenvalue weighted by molar-refractivity contribution is -0.124. The Balaban J connectivity index is 1.27. The van der Waals surface area contributed by atoms with Crippen LogP contribution >= 0.6 is 11.8 Å². The maximum absolute atomic E-state index is 12.3. The van der Waals surface area contributed by atoms with E-state index in [9.17, 15) is 9.59 Å². The van der Waals surface area contributed by atoms with Crippen LogP contribution in [-0.2, 0) is 16.1 Å². The first-order valence-corrected chi connectivity index (χ1v) is 10.2. The minimum absolute atomic E-state index is 0.0979. The van der Waals surface area contributed by atoms with Gasteiger partial charge in [-0.05, 0) is 37.6 Å². The highest BCUT2D eigenvalue weighted by Gasteiger charge is 2.28. The van der Waals surface area contributed by atoms with Crippen LogP contribution in [0.3, 0.4) is 0 Å². The lowest BCUT2D eigenvalue weighted by Crippen LogP contribution is -2.35. The van der Waals surface area contributed by atoms with Crippen LogP contribution in [0.2, 0.25) is 0 Å². The van der Waals surface area contributed by atoms with Crippen molar-refractivity contribution in [1.29, 1.82) is 0 Å². The molecule has 1 aromatic heterocycles. The van der Waals surface area contributed by atoms with Crippen LogP contribution in [0.1, 0.15) is 18.7 Å². The van der Waals surface area contributed by atoms with E-state index in [0.29, 0.717) is 6.54 Å². The third-order valence-electron chi connectivity index (χ3n) is 4.80. The fourth-order valence-corrected chi connectivity index (χ4v) is 4.52. The zero-order valence-electron chi connectivity index (χ0n) is 15.6. The summed E-state index contributed by atoms with van der Waals surface area (Å²) < 4.78 is 2.17. The smallest absolute Gasteiger partial charge is 0.238 e. The fourth-order valence-electron chi connectivity index (χ4n) is 3.41. The molecule has 0 fully saturated rings. The number of anilines is 1. The van der Waals surface area contributed by atoms with Crippen molar-refractivity contribution in [3.05, 3.63) is 54.4 Å². The minimum Gasteiger partial charge on any atom is -0.356 e. The van der Waals surface area contributed by atoms with E-state index in [1.165, 1.54) is 11.8 Å². The van der Waals surface area contributed by atoms with Crippen molar-refractivity contribution in [3.8, 4) is 0 Å². The van der Waals surface area contributed by atoms with E-state index in [0.717, 1.165) is 40.4 Å². The monoisotopic (exact) mass is 394 g/mol. The highest BCUT2D eigenvalue weighted by molar-refractivity contribution is 8.01. The Bertz CT molecular complexity index is 1030. The number of carbonyl (C=O) groups is 2. The summed E-state index contributed by atoms with van der Waals surface area (Å²) in [6, 6.07) is 15.7. The molecule has 0 radical (unpaired) electrons. The van der Waals surface area contributed by atoms with Crippen LogP contribution in [0.5, 0.6) is 0 Å². The Kier molecular flexibility index (Phi) is 5.34. The summed E-state index contributed by atoms with van der Waals surface area (Å²) in [4.78, 5) is 30.1. The molecule has 4 rings (SSSR count). The maximum atomic E-state index is 12.3. The molecule has 0 saturated carbocycles. The summed E-state index contributed by atoms with van der Waals surface area (Å²) in [5.41, 5.74) is 2.92. The molecule has 28 heavy (non-hydrogen) atoms. The predicted molar refractivity (Wildman–Crippen MR) is 111 cm³/mol. The molecule has 2 heterocycles. The molecule has 7 heteroatoms. The van der Waals surface area contributed by atoms with Crippen molar-refractivity contribution in [2.24, 2.45) is 0 Å². The van der Waals surface area contributed by atoms with Crippen molar-refractivity contribution in [2.45, 2.75) is 36.5 Å². The number of amides is 2. The SMILES string of the molecule is Cc1nc2ccccc2n1CCCNC(=O)CC1Sc2ccccc2NC1=O. The first-order valence-electron chi connectivity index (χ1n) is 9.37. The number of nitrogens with one attached hydrogen (secondary N) is 2. The van der Waals surface area contributed by atoms with Crippen molar-refractivity contribution in [2.75, 3.05) is 11.9 Å². The third-order valence-corrected chi connectivity index (χ3v) is 6.08. The number of fused-ring (bicyclic) bond motifs is 2. The van der Waals surface area contributed by atoms with Crippen molar-refractivity contribution < 1.29 is 9.59 Å². The average Bonchev–Trinajstić information content (AvgIpc) is 3.01. The van der Waals surface area contributed by atoms with Crippen LogP contribution in [0.4, 0.5) is 5.69 Å². The normalized spacial score (nSPS) is 15.9. The standard InChI is InChI=1S/C21H22N4O2S/c1-14-23-15-7-2-4-9-17(15)25(14)12-6-11-22-20(26)13-19-21(27)24-16-8-3-5-10-18(16)28-19/h2-5,7-10,19H,6,11-13H2,1H3,(H,22,26)(H,24,27). The maximum Gasteiger partial charge on any atom is 0.238 e. The molecule has 1 unspecified atom stereocenters. The number of imidazole rings is 1. The molecule has 0 bridgehead atoms. The molecule has 2 aromatic carbocycles. The number of rotatable bonds is 6. The van der Waals surface area contributed by atoms with E-state index < -0.39 is 5.25 Å². The van der Waals surface area contributed by atoms with Gasteiger partial charge in [0.15, 0.2) is 0 Å². The largest absolute Gasteiger partial charge is 0.356 e. The number of aryl methyl sites for hydroxylation is 2. The minimum atomic E-state index is -0.394. The summed E-state index contributed by atoms with van der Waals surface area (Å²) in [6.45, 7) is 3.36. The summed E-state index contributed by atoms with van der Waals surface area (Å²) in [6.07, 6.45) is 0.984. The third kappa shape index (κ3) is 3.89. The van der Waals surface area contributed by atoms with E-state index >= 15 is 0 Å². The topological polar surface area (TPSA) is 76.0 Å². The van der Waals surface area contributed by atoms with Crippen LogP contribution in [0.25, 0.3) is 11.0 Å². The number of carbonyl (C=O) groups excluding carboxylic acids is 2. The number of aromatic nitrogens is 2. The molecule has 1 aliphatic rings. The Morgan fingerprint density at radius 3 is 2.89 bits per heavy atom. The Morgan fingerprint density at radius 1 is 1.21 bits per heavy atom. The highest BCUT2D eigenvalue weighted by Crippen LogP contribution is 2.36. The zero-order chi connectivity index (χ0) is 19.5. The van der Waals surface area contributed by atoms with Gasteiger partial charge in [0.2, 0.25) is 11.8 Å². The second-order valence-electron chi connectivity index (χ2n) is 6.80. The average molecular weight is 394 g/mol. The molecule has 3 aromatic rings. The molecule has 1 aliphatic heterocycles. The molecule has 0 spiro atoms. The van der Waals surface area contributed by atoms with Gasteiger partial charge >= 0.3 is 0 Å². The van der Waals surface area contributed by atoms with Gasteiger partial charge in [-0.25, -0.2) is 4.98 Å². The van der Waals surface area contributed by atoms with Crippen molar-refractivity contribution in [1.82, 2.24) is 14.9 Å². The highest BCUT2D eigenvalue weighted by atomic mass is 32.2. The second kappa shape index (κ2) is 8.06. The first kappa shape index (κ1) is 18.6. The van der Waals surface area contributed by atoms with E-state index in [2.05, 4.69) is 26.3 Å². The summed E-state index contributed by atoms with van der Waals surface area (Å²) in [5, 5.41) is 5.42. The summed E-state index contributed by atoms with van der Waals surface area (Å²) >= 11 is 1.45. The number of hydrogen-bond donors (Lipinski definition) is 2. The number of benzene rings is 2. The first-order chi connectivity index (χ1) is 13.6. The van der Waals surface area contributed by atoms with Gasteiger partial charge in [-0.2, -0.15) is 0 Å². The van der Waals surface area contributed by atoms with E-state index in [1.807, 2.05) is 49.4 Å². The van der Waals surface area contributed by atoms with Gasteiger partial charge in [0.1, 0.15) is 5.82 Å². The Hall–Kier alpha value is -2.80. The molecule has 0 saturated heterocycles. The predicted octanol–water partition coefficient (Wildman–Crippen LogP) is 3.35. The molecule has 6 nitrogen and oxygen atoms in total. The molecular weight excluding hydrogens is 372 g/mol. The van der Waals surface area contributed by atoms with Gasteiger partial charge in [0.05, 0.1) is 22.0 Å². The molecule has 2 amide bonds. The second-order valence-corrected chi connectivity index (χ2v) is 8.04. The van der Waals surface area contributed by atoms with Gasteiger partial charge in [-0.15, -0.1) is 11.8 Å². The van der Waals surface area contributed by atoms with Crippen molar-refractivity contribution in [3.63, 3.8) is 0 Å². The van der Waals surface area contributed by atoms with Crippen LogP contribution < -0.4 is 10.6 Å². The summed E-state index contributed by atoms with van der Waals surface area (Å²) in [5.74, 6) is 0.764. The van der Waals surface area contributed by atoms with E-state index in [1.54, 1.807) is 0 Å². The number of nitrogens with zero attached hydrogens (tertiary/aromatic N) is 2. The number of thioether (sulfide) groups is 1. The van der Waals surface area contributed by atoms with Gasteiger partial charge in [-0.3, -0.25) is 9.59 Å². The zero-order valence-corrected chi connectivity index (χ0v) is 16.5. The van der Waals surface area contributed by atoms with Gasteiger partial charge in [0, 0.05) is 24.4 Å². The molecular formula is C21H22N4O2S. The van der Waals surface area contributed by atoms with Gasteiger partial charge < -0.3 is 15.2 Å². The number of hydrogen-bond acceptors (Lipinski definition) is 4. The summed E-state index contributed by atoms with van der Waals surface area (Å²) in [7, 11) is 0. The lowest BCUT2D eigenvalue weighted by atomic mass is 10.2. The van der Waals surface area contributed by atoms with Crippen LogP contribution in [0.15, 0.2) is 53.4 Å². The number of para-hydroxylation sites is 3. The quantitative estimate of drug-likeness (QED) is 0.629. The van der Waals surface area contributed by atoms with Crippen LogP contribution in [0, 0.1) is 6.92 Å². The Morgan fingerprint density at radius 2 is 2.00 bits per heavy atom. The van der Waals surface area contributed by atoms with Gasteiger partial charge in [0.25, 0.3) is 0 Å². The van der Waals surface area contributed by atoms with Crippen LogP contribution in [-0.4, -0.2) is 33.2 Å². The molecule has 144 valence electrons.